The van der Waals surface area contributed by atoms with E-state index in [1.54, 1.807) is 12.1 Å². The summed E-state index contributed by atoms with van der Waals surface area (Å²) in [6.07, 6.45) is 3.77. The molecule has 122 valence electrons. The summed E-state index contributed by atoms with van der Waals surface area (Å²) in [7, 11) is 1.92. The quantitative estimate of drug-likeness (QED) is 0.619. The first-order valence-electron chi connectivity index (χ1n) is 7.74. The van der Waals surface area contributed by atoms with E-state index in [9.17, 15) is 15.2 Å². The van der Waals surface area contributed by atoms with Gasteiger partial charge in [-0.3, -0.25) is 15.0 Å². The van der Waals surface area contributed by atoms with Crippen molar-refractivity contribution in [2.45, 2.75) is 44.8 Å². The molecule has 0 heterocycles. The molecule has 1 aromatic carbocycles. The van der Waals surface area contributed by atoms with Crippen molar-refractivity contribution >= 4 is 5.69 Å². The molecule has 6 heteroatoms. The minimum atomic E-state index is -0.624. The fourth-order valence-electron chi connectivity index (χ4n) is 3.14. The number of hydrogen-bond donors (Lipinski definition) is 1. The van der Waals surface area contributed by atoms with Gasteiger partial charge in [-0.15, -0.1) is 0 Å². The van der Waals surface area contributed by atoms with Crippen molar-refractivity contribution in [3.8, 4) is 5.75 Å². The maximum Gasteiger partial charge on any atom is 0.270 e. The van der Waals surface area contributed by atoms with Gasteiger partial charge in [0.1, 0.15) is 5.75 Å². The van der Waals surface area contributed by atoms with Gasteiger partial charge in [0.15, 0.2) is 0 Å². The molecule has 1 fully saturated rings. The predicted molar refractivity (Wildman–Crippen MR) is 84.0 cm³/mol. The Morgan fingerprint density at radius 3 is 2.68 bits per heavy atom. The van der Waals surface area contributed by atoms with Crippen LogP contribution in [0, 0.1) is 10.1 Å². The number of nitro groups is 1. The van der Waals surface area contributed by atoms with E-state index in [-0.39, 0.29) is 5.69 Å². The Bertz CT molecular complexity index is 527. The molecule has 0 amide bonds. The van der Waals surface area contributed by atoms with Crippen LogP contribution in [0.4, 0.5) is 5.69 Å². The Labute approximate surface area is 130 Å². The first-order valence-corrected chi connectivity index (χ1v) is 7.74. The Balaban J connectivity index is 2.11. The van der Waals surface area contributed by atoms with Crippen LogP contribution in [0.1, 0.15) is 38.2 Å². The largest absolute Gasteiger partial charge is 0.494 e. The van der Waals surface area contributed by atoms with Gasteiger partial charge in [-0.05, 0) is 32.9 Å². The van der Waals surface area contributed by atoms with Crippen LogP contribution in [-0.4, -0.2) is 40.7 Å². The molecule has 1 aromatic rings. The zero-order valence-corrected chi connectivity index (χ0v) is 13.2. The van der Waals surface area contributed by atoms with Crippen molar-refractivity contribution in [3.63, 3.8) is 0 Å². The van der Waals surface area contributed by atoms with E-state index in [1.807, 2.05) is 18.9 Å². The standard InChI is InChI=1S/C16H24N2O4/c1-3-22-15-7-6-14(18(20)21)10-13(15)11-17(2)12-16(19)8-4-5-9-16/h6-7,10,19H,3-5,8-9,11-12H2,1-2H3. The van der Waals surface area contributed by atoms with Gasteiger partial charge in [-0.2, -0.15) is 0 Å². The van der Waals surface area contributed by atoms with E-state index < -0.39 is 10.5 Å². The van der Waals surface area contributed by atoms with Gasteiger partial charge >= 0.3 is 0 Å². The Hall–Kier alpha value is -1.66. The maximum absolute atomic E-state index is 10.9. The van der Waals surface area contributed by atoms with Gasteiger partial charge in [0.2, 0.25) is 0 Å². The third-order valence-electron chi connectivity index (χ3n) is 4.09. The van der Waals surface area contributed by atoms with E-state index >= 15 is 0 Å². The molecule has 1 aliphatic rings. The third-order valence-corrected chi connectivity index (χ3v) is 4.09. The van der Waals surface area contributed by atoms with E-state index in [0.29, 0.717) is 25.4 Å². The number of rotatable bonds is 7. The molecule has 0 radical (unpaired) electrons. The molecule has 0 aliphatic heterocycles. The molecule has 0 atom stereocenters. The van der Waals surface area contributed by atoms with E-state index in [0.717, 1.165) is 31.2 Å². The first-order chi connectivity index (χ1) is 10.4. The summed E-state index contributed by atoms with van der Waals surface area (Å²) < 4.78 is 5.56. The second kappa shape index (κ2) is 7.07. The normalized spacial score (nSPS) is 16.9. The fourth-order valence-corrected chi connectivity index (χ4v) is 3.14. The summed E-state index contributed by atoms with van der Waals surface area (Å²) in [5.74, 6) is 0.665. The van der Waals surface area contributed by atoms with E-state index in [2.05, 4.69) is 0 Å². The van der Waals surface area contributed by atoms with Crippen LogP contribution in [0.2, 0.25) is 0 Å². The van der Waals surface area contributed by atoms with Crippen molar-refractivity contribution in [2.24, 2.45) is 0 Å². The Morgan fingerprint density at radius 1 is 1.41 bits per heavy atom. The molecule has 0 saturated heterocycles. The van der Waals surface area contributed by atoms with E-state index in [4.69, 9.17) is 4.74 Å². The number of aliphatic hydroxyl groups is 1. The smallest absolute Gasteiger partial charge is 0.270 e. The SMILES string of the molecule is CCOc1ccc([N+](=O)[O-])cc1CN(C)CC1(O)CCCC1. The molecule has 0 unspecified atom stereocenters. The molecule has 0 aromatic heterocycles. The maximum atomic E-state index is 10.9. The first kappa shape index (κ1) is 16.7. The third kappa shape index (κ3) is 4.18. The van der Waals surface area contributed by atoms with Gasteiger partial charge < -0.3 is 9.84 Å². The Morgan fingerprint density at radius 2 is 2.09 bits per heavy atom. The fraction of sp³-hybridized carbons (Fsp3) is 0.625. The van der Waals surface area contributed by atoms with Crippen LogP contribution in [0.5, 0.6) is 5.75 Å². The molecular formula is C16H24N2O4. The molecule has 2 rings (SSSR count). The highest BCUT2D eigenvalue weighted by Crippen LogP contribution is 2.31. The monoisotopic (exact) mass is 308 g/mol. The second-order valence-electron chi connectivity index (χ2n) is 6.09. The summed E-state index contributed by atoms with van der Waals surface area (Å²) in [4.78, 5) is 12.6. The van der Waals surface area contributed by atoms with Crippen LogP contribution in [0.25, 0.3) is 0 Å². The number of likely N-dealkylation sites (N-methyl/N-ethyl adjacent to an activating group) is 1. The van der Waals surface area contributed by atoms with Crippen LogP contribution < -0.4 is 4.74 Å². The van der Waals surface area contributed by atoms with Gasteiger partial charge in [0.25, 0.3) is 5.69 Å². The summed E-state index contributed by atoms with van der Waals surface area (Å²) in [6.45, 7) is 3.48. The zero-order chi connectivity index (χ0) is 16.2. The molecular weight excluding hydrogens is 284 g/mol. The minimum Gasteiger partial charge on any atom is -0.494 e. The van der Waals surface area contributed by atoms with Crippen LogP contribution in [-0.2, 0) is 6.54 Å². The molecule has 22 heavy (non-hydrogen) atoms. The van der Waals surface area contributed by atoms with Crippen molar-refractivity contribution < 1.29 is 14.8 Å². The average molecular weight is 308 g/mol. The molecule has 1 N–H and O–H groups in total. The van der Waals surface area contributed by atoms with Crippen LogP contribution in [0.3, 0.4) is 0 Å². The van der Waals surface area contributed by atoms with E-state index in [1.165, 1.54) is 6.07 Å². The van der Waals surface area contributed by atoms with Gasteiger partial charge in [-0.1, -0.05) is 12.8 Å². The number of nitrogens with zero attached hydrogens (tertiary/aromatic N) is 2. The number of hydrogen-bond acceptors (Lipinski definition) is 5. The van der Waals surface area contributed by atoms with Gasteiger partial charge in [-0.25, -0.2) is 0 Å². The molecule has 6 nitrogen and oxygen atoms in total. The van der Waals surface area contributed by atoms with Gasteiger partial charge in [0.05, 0.1) is 17.1 Å². The average Bonchev–Trinajstić information content (AvgIpc) is 2.86. The second-order valence-corrected chi connectivity index (χ2v) is 6.09. The van der Waals surface area contributed by atoms with Gasteiger partial charge in [0, 0.05) is 30.8 Å². The lowest BCUT2D eigenvalue weighted by Crippen LogP contribution is -2.38. The lowest BCUT2D eigenvalue weighted by molar-refractivity contribution is -0.385. The summed E-state index contributed by atoms with van der Waals surface area (Å²) in [5.41, 5.74) is 0.216. The molecule has 1 aliphatic carbocycles. The lowest BCUT2D eigenvalue weighted by atomic mass is 10.0. The van der Waals surface area contributed by atoms with Crippen molar-refractivity contribution in [2.75, 3.05) is 20.2 Å². The zero-order valence-electron chi connectivity index (χ0n) is 13.2. The number of benzene rings is 1. The van der Waals surface area contributed by atoms with Crippen molar-refractivity contribution in [1.82, 2.24) is 4.90 Å². The van der Waals surface area contributed by atoms with Crippen molar-refractivity contribution in [1.29, 1.82) is 0 Å². The lowest BCUT2D eigenvalue weighted by Gasteiger charge is -2.29. The highest BCUT2D eigenvalue weighted by molar-refractivity contribution is 5.43. The predicted octanol–water partition coefficient (Wildman–Crippen LogP) is 2.73. The summed E-state index contributed by atoms with van der Waals surface area (Å²) in [6, 6.07) is 4.66. The highest BCUT2D eigenvalue weighted by Gasteiger charge is 2.32. The summed E-state index contributed by atoms with van der Waals surface area (Å²) in [5, 5.41) is 21.4. The van der Waals surface area contributed by atoms with Crippen molar-refractivity contribution in [3.05, 3.63) is 33.9 Å². The number of non-ortho nitro benzene ring substituents is 1. The molecule has 0 spiro atoms. The number of nitro benzene ring substituents is 1. The Kier molecular flexibility index (Phi) is 5.37. The number of ether oxygens (including phenoxy) is 1. The summed E-state index contributed by atoms with van der Waals surface area (Å²) >= 11 is 0. The van der Waals surface area contributed by atoms with Crippen LogP contribution >= 0.6 is 0 Å². The topological polar surface area (TPSA) is 75.8 Å². The molecule has 1 saturated carbocycles. The van der Waals surface area contributed by atoms with Crippen LogP contribution in [0.15, 0.2) is 18.2 Å². The highest BCUT2D eigenvalue weighted by atomic mass is 16.6. The minimum absolute atomic E-state index is 0.0615. The molecule has 0 bridgehead atoms.